The molecule has 4 atom stereocenters. The Morgan fingerprint density at radius 2 is 2.16 bits per heavy atom. The third-order valence-corrected chi connectivity index (χ3v) is 4.92. The van der Waals surface area contributed by atoms with Crippen LogP contribution < -0.4 is 5.32 Å². The summed E-state index contributed by atoms with van der Waals surface area (Å²) in [5.74, 6) is 0. The quantitative estimate of drug-likeness (QED) is 0.835. The average molecular weight is 268 g/mol. The first-order valence-corrected chi connectivity index (χ1v) is 8.05. The molecule has 0 aliphatic carbocycles. The fraction of sp³-hybridized carbons (Fsp3) is 1.00. The lowest BCUT2D eigenvalue weighted by atomic mass is 10.0. The van der Waals surface area contributed by atoms with E-state index in [0.717, 1.165) is 45.6 Å². The zero-order valence-corrected chi connectivity index (χ0v) is 12.1. The zero-order chi connectivity index (χ0) is 13.1. The molecule has 0 aromatic heterocycles. The van der Waals surface area contributed by atoms with Crippen molar-refractivity contribution in [2.75, 3.05) is 32.8 Å². The van der Waals surface area contributed by atoms with Gasteiger partial charge in [-0.15, -0.1) is 0 Å². The molecule has 4 nitrogen and oxygen atoms in total. The summed E-state index contributed by atoms with van der Waals surface area (Å²) in [6.45, 7) is 7.47. The van der Waals surface area contributed by atoms with Gasteiger partial charge in [-0.2, -0.15) is 0 Å². The van der Waals surface area contributed by atoms with Crippen molar-refractivity contribution in [1.29, 1.82) is 0 Å². The second kappa shape index (κ2) is 6.53. The minimum atomic E-state index is 0.386. The molecule has 0 spiro atoms. The molecule has 3 saturated heterocycles. The van der Waals surface area contributed by atoms with Gasteiger partial charge in [-0.1, -0.05) is 6.92 Å². The number of rotatable bonds is 4. The Kier molecular flexibility index (Phi) is 4.74. The molecular formula is C15H28N2O2. The van der Waals surface area contributed by atoms with E-state index in [9.17, 15) is 0 Å². The molecule has 0 amide bonds. The van der Waals surface area contributed by atoms with Crippen molar-refractivity contribution in [3.63, 3.8) is 0 Å². The van der Waals surface area contributed by atoms with E-state index in [1.54, 1.807) is 0 Å². The lowest BCUT2D eigenvalue weighted by Gasteiger charge is -2.37. The van der Waals surface area contributed by atoms with E-state index in [4.69, 9.17) is 9.47 Å². The minimum Gasteiger partial charge on any atom is -0.378 e. The topological polar surface area (TPSA) is 33.7 Å². The summed E-state index contributed by atoms with van der Waals surface area (Å²) in [6, 6.07) is 1.34. The van der Waals surface area contributed by atoms with Crippen LogP contribution in [0, 0.1) is 0 Å². The van der Waals surface area contributed by atoms with Crippen LogP contribution in [0.5, 0.6) is 0 Å². The average Bonchev–Trinajstić information content (AvgIpc) is 2.93. The first-order chi connectivity index (χ1) is 9.35. The predicted octanol–water partition coefficient (Wildman–Crippen LogP) is 1.40. The Balaban J connectivity index is 1.40. The van der Waals surface area contributed by atoms with E-state index in [2.05, 4.69) is 17.1 Å². The molecule has 3 aliphatic rings. The van der Waals surface area contributed by atoms with Crippen LogP contribution in [0.3, 0.4) is 0 Å². The van der Waals surface area contributed by atoms with Crippen LogP contribution in [0.15, 0.2) is 0 Å². The zero-order valence-electron chi connectivity index (χ0n) is 12.1. The van der Waals surface area contributed by atoms with Gasteiger partial charge in [0.15, 0.2) is 0 Å². The smallest absolute Gasteiger partial charge is 0.0827 e. The Morgan fingerprint density at radius 1 is 1.21 bits per heavy atom. The van der Waals surface area contributed by atoms with E-state index in [1.807, 2.05) is 0 Å². The maximum Gasteiger partial charge on any atom is 0.0827 e. The summed E-state index contributed by atoms with van der Waals surface area (Å²) in [5.41, 5.74) is 0. The van der Waals surface area contributed by atoms with Crippen LogP contribution in [0.1, 0.15) is 39.0 Å². The highest BCUT2D eigenvalue weighted by molar-refractivity contribution is 4.87. The van der Waals surface area contributed by atoms with Gasteiger partial charge in [0.05, 0.1) is 18.8 Å². The number of ether oxygens (including phenoxy) is 2. The maximum absolute atomic E-state index is 6.00. The molecule has 3 fully saturated rings. The SMILES string of the molecule is CCC1CC(NCC2CN3CCCC3CO2)CCO1. The Bertz CT molecular complexity index is 287. The predicted molar refractivity (Wildman–Crippen MR) is 75.4 cm³/mol. The highest BCUT2D eigenvalue weighted by Crippen LogP contribution is 2.22. The van der Waals surface area contributed by atoms with E-state index in [0.29, 0.717) is 24.3 Å². The van der Waals surface area contributed by atoms with Crippen molar-refractivity contribution in [2.45, 2.75) is 63.3 Å². The standard InChI is InChI=1S/C15H28N2O2/c1-2-14-8-12(5-7-18-14)16-9-15-10-17-6-3-4-13(17)11-19-15/h12-16H,2-11H2,1H3. The molecule has 110 valence electrons. The van der Waals surface area contributed by atoms with Crippen molar-refractivity contribution >= 4 is 0 Å². The molecule has 0 aromatic rings. The Morgan fingerprint density at radius 3 is 3.05 bits per heavy atom. The molecule has 4 heteroatoms. The summed E-state index contributed by atoms with van der Waals surface area (Å²) in [7, 11) is 0. The molecule has 0 saturated carbocycles. The third-order valence-electron chi connectivity index (χ3n) is 4.92. The van der Waals surface area contributed by atoms with Crippen LogP contribution in [0.25, 0.3) is 0 Å². The van der Waals surface area contributed by atoms with Crippen molar-refractivity contribution in [1.82, 2.24) is 10.2 Å². The molecule has 3 heterocycles. The number of morpholine rings is 1. The van der Waals surface area contributed by atoms with E-state index in [-0.39, 0.29) is 0 Å². The first-order valence-electron chi connectivity index (χ1n) is 8.05. The molecule has 0 radical (unpaired) electrons. The fourth-order valence-corrected chi connectivity index (χ4v) is 3.66. The Labute approximate surface area is 116 Å². The van der Waals surface area contributed by atoms with Crippen molar-refractivity contribution in [2.24, 2.45) is 0 Å². The molecule has 0 aromatic carbocycles. The Hall–Kier alpha value is -0.160. The lowest BCUT2D eigenvalue weighted by Crippen LogP contribution is -2.51. The second-order valence-corrected chi connectivity index (χ2v) is 6.28. The number of fused-ring (bicyclic) bond motifs is 1. The number of nitrogens with zero attached hydrogens (tertiary/aromatic N) is 1. The summed E-state index contributed by atoms with van der Waals surface area (Å²) >= 11 is 0. The third kappa shape index (κ3) is 3.48. The molecule has 0 bridgehead atoms. The maximum atomic E-state index is 6.00. The van der Waals surface area contributed by atoms with Crippen LogP contribution in [0.4, 0.5) is 0 Å². The van der Waals surface area contributed by atoms with Gasteiger partial charge in [-0.3, -0.25) is 4.90 Å². The van der Waals surface area contributed by atoms with Gasteiger partial charge in [-0.05, 0) is 38.6 Å². The van der Waals surface area contributed by atoms with Gasteiger partial charge in [0, 0.05) is 31.8 Å². The van der Waals surface area contributed by atoms with Gasteiger partial charge >= 0.3 is 0 Å². The van der Waals surface area contributed by atoms with Crippen molar-refractivity contribution in [3.05, 3.63) is 0 Å². The monoisotopic (exact) mass is 268 g/mol. The van der Waals surface area contributed by atoms with Gasteiger partial charge in [0.1, 0.15) is 0 Å². The molecule has 3 rings (SSSR count). The van der Waals surface area contributed by atoms with Crippen molar-refractivity contribution in [3.8, 4) is 0 Å². The molecular weight excluding hydrogens is 240 g/mol. The number of hydrogen-bond donors (Lipinski definition) is 1. The molecule has 4 unspecified atom stereocenters. The van der Waals surface area contributed by atoms with Crippen LogP contribution in [-0.4, -0.2) is 62.0 Å². The van der Waals surface area contributed by atoms with Crippen LogP contribution in [-0.2, 0) is 9.47 Å². The van der Waals surface area contributed by atoms with Crippen LogP contribution >= 0.6 is 0 Å². The molecule has 19 heavy (non-hydrogen) atoms. The van der Waals surface area contributed by atoms with Gasteiger partial charge in [0.2, 0.25) is 0 Å². The molecule has 1 N–H and O–H groups in total. The highest BCUT2D eigenvalue weighted by atomic mass is 16.5. The van der Waals surface area contributed by atoms with E-state index >= 15 is 0 Å². The van der Waals surface area contributed by atoms with E-state index in [1.165, 1.54) is 19.4 Å². The number of nitrogens with one attached hydrogen (secondary N) is 1. The van der Waals surface area contributed by atoms with Gasteiger partial charge in [-0.25, -0.2) is 0 Å². The highest BCUT2D eigenvalue weighted by Gasteiger charge is 2.32. The fourth-order valence-electron chi connectivity index (χ4n) is 3.66. The van der Waals surface area contributed by atoms with E-state index < -0.39 is 0 Å². The largest absolute Gasteiger partial charge is 0.378 e. The lowest BCUT2D eigenvalue weighted by molar-refractivity contribution is -0.0518. The van der Waals surface area contributed by atoms with Crippen LogP contribution in [0.2, 0.25) is 0 Å². The summed E-state index contributed by atoms with van der Waals surface area (Å²) in [6.07, 6.45) is 6.97. The first kappa shape index (κ1) is 13.8. The second-order valence-electron chi connectivity index (χ2n) is 6.28. The van der Waals surface area contributed by atoms with Gasteiger partial charge < -0.3 is 14.8 Å². The normalized spacial score (nSPS) is 40.3. The summed E-state index contributed by atoms with van der Waals surface area (Å²) in [5, 5.41) is 3.70. The van der Waals surface area contributed by atoms with Crippen molar-refractivity contribution < 1.29 is 9.47 Å². The summed E-state index contributed by atoms with van der Waals surface area (Å²) < 4.78 is 11.7. The van der Waals surface area contributed by atoms with Gasteiger partial charge in [0.25, 0.3) is 0 Å². The number of hydrogen-bond acceptors (Lipinski definition) is 4. The minimum absolute atomic E-state index is 0.386. The molecule has 3 aliphatic heterocycles. The summed E-state index contributed by atoms with van der Waals surface area (Å²) in [4.78, 5) is 2.62.